The maximum absolute atomic E-state index is 3.35. The Labute approximate surface area is 193 Å². The molecule has 0 saturated heterocycles. The first-order valence-corrected chi connectivity index (χ1v) is 13.6. The molecule has 0 atom stereocenters. The van der Waals surface area contributed by atoms with Gasteiger partial charge in [-0.15, -0.1) is 0 Å². The summed E-state index contributed by atoms with van der Waals surface area (Å²) < 4.78 is 0. The van der Waals surface area contributed by atoms with Gasteiger partial charge in [0.1, 0.15) is 0 Å². The molecule has 0 nitrogen and oxygen atoms in total. The summed E-state index contributed by atoms with van der Waals surface area (Å²) in [7, 11) is 0. The van der Waals surface area contributed by atoms with E-state index < -0.39 is 0 Å². The molecule has 0 radical (unpaired) electrons. The number of benzene rings is 1. The fourth-order valence-corrected chi connectivity index (χ4v) is 5.87. The molecule has 0 bridgehead atoms. The second-order valence-electron chi connectivity index (χ2n) is 10.4. The van der Waals surface area contributed by atoms with Gasteiger partial charge in [0.15, 0.2) is 0 Å². The Morgan fingerprint density at radius 3 is 2.10 bits per heavy atom. The molecule has 2 aliphatic rings. The van der Waals surface area contributed by atoms with Crippen LogP contribution in [0.15, 0.2) is 36.4 Å². The third kappa shape index (κ3) is 8.52. The lowest BCUT2D eigenvalue weighted by Crippen LogP contribution is -2.13. The van der Waals surface area contributed by atoms with Crippen LogP contribution in [0.4, 0.5) is 0 Å². The van der Waals surface area contributed by atoms with Crippen molar-refractivity contribution >= 4 is 0 Å². The van der Waals surface area contributed by atoms with Crippen molar-refractivity contribution < 1.29 is 0 Å². The van der Waals surface area contributed by atoms with Gasteiger partial charge in [-0.25, -0.2) is 0 Å². The number of unbranched alkanes of at least 4 members (excludes halogenated alkanes) is 3. The second-order valence-corrected chi connectivity index (χ2v) is 10.4. The lowest BCUT2D eigenvalue weighted by Gasteiger charge is -2.28. The van der Waals surface area contributed by atoms with Crippen molar-refractivity contribution in [1.29, 1.82) is 0 Å². The molecule has 2 saturated carbocycles. The van der Waals surface area contributed by atoms with Crippen LogP contribution in [0.25, 0.3) is 0 Å². The van der Waals surface area contributed by atoms with Crippen LogP contribution in [0, 0.1) is 29.6 Å². The molecule has 31 heavy (non-hydrogen) atoms. The lowest BCUT2D eigenvalue weighted by atomic mass is 9.77. The fourth-order valence-electron chi connectivity index (χ4n) is 5.87. The number of allylic oxidation sites excluding steroid dienone is 2. The Morgan fingerprint density at radius 1 is 0.742 bits per heavy atom. The van der Waals surface area contributed by atoms with Crippen LogP contribution in [0.2, 0.25) is 0 Å². The van der Waals surface area contributed by atoms with Crippen LogP contribution in [-0.2, 0) is 0 Å². The fraction of sp³-hybridized carbons (Fsp3) is 0.677. The molecule has 1 aromatic carbocycles. The van der Waals surface area contributed by atoms with Crippen LogP contribution in [-0.4, -0.2) is 0 Å². The van der Waals surface area contributed by atoms with Gasteiger partial charge in [0.25, 0.3) is 0 Å². The normalized spacial score (nSPS) is 26.5. The van der Waals surface area contributed by atoms with Crippen molar-refractivity contribution in [2.24, 2.45) is 17.8 Å². The molecule has 0 aromatic heterocycles. The zero-order valence-corrected chi connectivity index (χ0v) is 20.4. The van der Waals surface area contributed by atoms with Crippen molar-refractivity contribution in [3.8, 4) is 11.8 Å². The van der Waals surface area contributed by atoms with Crippen LogP contribution in [0.1, 0.15) is 127 Å². The summed E-state index contributed by atoms with van der Waals surface area (Å²) in [5, 5.41) is 0. The summed E-state index contributed by atoms with van der Waals surface area (Å²) in [4.78, 5) is 0. The summed E-state index contributed by atoms with van der Waals surface area (Å²) in [6.45, 7) is 4.62. The second kappa shape index (κ2) is 13.8. The molecule has 3 rings (SSSR count). The molecule has 0 amide bonds. The van der Waals surface area contributed by atoms with Gasteiger partial charge in [0.05, 0.1) is 0 Å². The third-order valence-corrected chi connectivity index (χ3v) is 7.95. The smallest absolute Gasteiger partial charge is 0.0249 e. The molecule has 2 fully saturated rings. The van der Waals surface area contributed by atoms with E-state index in [9.17, 15) is 0 Å². The zero-order chi connectivity index (χ0) is 21.7. The van der Waals surface area contributed by atoms with E-state index in [-0.39, 0.29) is 0 Å². The lowest BCUT2D eigenvalue weighted by molar-refractivity contribution is 0.289. The minimum absolute atomic E-state index is 0.756. The Kier molecular flexibility index (Phi) is 10.8. The SMILES string of the molecule is CCCCCC[C@H]1CC[C@H](C=CC#Cc2ccc([C@H]3CC[C@H](CCC)CC3)cc2)CC1. The van der Waals surface area contributed by atoms with Crippen molar-refractivity contribution in [3.63, 3.8) is 0 Å². The summed E-state index contributed by atoms with van der Waals surface area (Å²) in [5.41, 5.74) is 2.69. The largest absolute Gasteiger partial charge is 0.0730 e. The summed E-state index contributed by atoms with van der Waals surface area (Å²) in [5.74, 6) is 10.2. The highest BCUT2D eigenvalue weighted by molar-refractivity contribution is 5.39. The van der Waals surface area contributed by atoms with Crippen LogP contribution >= 0.6 is 0 Å². The highest BCUT2D eigenvalue weighted by atomic mass is 14.3. The van der Waals surface area contributed by atoms with Gasteiger partial charge in [-0.1, -0.05) is 88.8 Å². The molecule has 170 valence electrons. The van der Waals surface area contributed by atoms with Gasteiger partial charge in [-0.3, -0.25) is 0 Å². The minimum Gasteiger partial charge on any atom is -0.0730 e. The molecular weight excluding hydrogens is 372 g/mol. The van der Waals surface area contributed by atoms with E-state index in [0.29, 0.717) is 0 Å². The highest BCUT2D eigenvalue weighted by Crippen LogP contribution is 2.37. The molecule has 0 heterocycles. The van der Waals surface area contributed by atoms with Gasteiger partial charge in [-0.05, 0) is 98.8 Å². The maximum Gasteiger partial charge on any atom is 0.0249 e. The van der Waals surface area contributed by atoms with Crippen LogP contribution in [0.5, 0.6) is 0 Å². The number of hydrogen-bond donors (Lipinski definition) is 0. The van der Waals surface area contributed by atoms with Gasteiger partial charge < -0.3 is 0 Å². The van der Waals surface area contributed by atoms with Gasteiger partial charge in [0, 0.05) is 5.56 Å². The minimum atomic E-state index is 0.756. The Balaban J connectivity index is 1.37. The predicted octanol–water partition coefficient (Wildman–Crippen LogP) is 9.44. The summed E-state index contributed by atoms with van der Waals surface area (Å²) >= 11 is 0. The van der Waals surface area contributed by atoms with Crippen molar-refractivity contribution in [3.05, 3.63) is 47.5 Å². The van der Waals surface area contributed by atoms with E-state index in [2.05, 4.69) is 62.1 Å². The Morgan fingerprint density at radius 2 is 1.42 bits per heavy atom. The van der Waals surface area contributed by atoms with E-state index in [4.69, 9.17) is 0 Å². The van der Waals surface area contributed by atoms with E-state index in [1.54, 1.807) is 0 Å². The molecule has 0 heteroatoms. The average molecular weight is 419 g/mol. The monoisotopic (exact) mass is 418 g/mol. The first-order valence-electron chi connectivity index (χ1n) is 13.6. The van der Waals surface area contributed by atoms with Gasteiger partial charge in [0.2, 0.25) is 0 Å². The number of rotatable bonds is 9. The summed E-state index contributed by atoms with van der Waals surface area (Å²) in [6, 6.07) is 9.14. The molecule has 0 spiro atoms. The van der Waals surface area contributed by atoms with Crippen LogP contribution < -0.4 is 0 Å². The quantitative estimate of drug-likeness (QED) is 0.277. The molecule has 0 N–H and O–H groups in total. The Bertz CT molecular complexity index is 682. The van der Waals surface area contributed by atoms with Crippen molar-refractivity contribution in [1.82, 2.24) is 0 Å². The van der Waals surface area contributed by atoms with E-state index in [0.717, 1.165) is 29.2 Å². The van der Waals surface area contributed by atoms with Crippen LogP contribution in [0.3, 0.4) is 0 Å². The van der Waals surface area contributed by atoms with E-state index in [1.807, 2.05) is 0 Å². The van der Waals surface area contributed by atoms with E-state index >= 15 is 0 Å². The molecule has 1 aromatic rings. The molecule has 2 aliphatic carbocycles. The highest BCUT2D eigenvalue weighted by Gasteiger charge is 2.21. The first-order chi connectivity index (χ1) is 15.3. The van der Waals surface area contributed by atoms with Gasteiger partial charge >= 0.3 is 0 Å². The first kappa shape index (κ1) is 24.2. The van der Waals surface area contributed by atoms with Crippen molar-refractivity contribution in [2.45, 2.75) is 116 Å². The number of hydrogen-bond acceptors (Lipinski definition) is 0. The topological polar surface area (TPSA) is 0 Å². The van der Waals surface area contributed by atoms with Crippen molar-refractivity contribution in [2.75, 3.05) is 0 Å². The standard InChI is InChI=1S/C31H46/c1-3-5-6-7-11-27-14-16-28(17-15-27)12-8-9-13-29-20-24-31(25-21-29)30-22-18-26(10-4-2)19-23-30/h8,12,20-21,24-28,30H,3-7,10-11,14-19,22-23H2,1-2H3/t26-,27-,28-,30-. The molecular formula is C31H46. The molecule has 0 unspecified atom stereocenters. The Hall–Kier alpha value is -1.48. The van der Waals surface area contributed by atoms with Gasteiger partial charge in [-0.2, -0.15) is 0 Å². The van der Waals surface area contributed by atoms with E-state index in [1.165, 1.54) is 102 Å². The maximum atomic E-state index is 3.35. The average Bonchev–Trinajstić information content (AvgIpc) is 2.82. The molecule has 0 aliphatic heterocycles. The predicted molar refractivity (Wildman–Crippen MR) is 136 cm³/mol. The third-order valence-electron chi connectivity index (χ3n) is 7.95. The summed E-state index contributed by atoms with van der Waals surface area (Å²) in [6.07, 6.45) is 25.6. The zero-order valence-electron chi connectivity index (χ0n) is 20.4.